The summed E-state index contributed by atoms with van der Waals surface area (Å²) in [6, 6.07) is 2.09. The van der Waals surface area contributed by atoms with E-state index >= 15 is 0 Å². The fourth-order valence-corrected chi connectivity index (χ4v) is 2.00. The van der Waals surface area contributed by atoms with Crippen molar-refractivity contribution in [3.63, 3.8) is 0 Å². The third-order valence-electron chi connectivity index (χ3n) is 2.94. The van der Waals surface area contributed by atoms with Gasteiger partial charge >= 0.3 is 5.97 Å². The number of ether oxygens (including phenoxy) is 2. The lowest BCUT2D eigenvalue weighted by molar-refractivity contribution is 0.0652. The number of phenols is 1. The number of carbonyl (C=O) groups is 1. The van der Waals surface area contributed by atoms with Crippen molar-refractivity contribution in [3.05, 3.63) is 23.7 Å². The summed E-state index contributed by atoms with van der Waals surface area (Å²) in [6.07, 6.45) is 0.593. The quantitative estimate of drug-likeness (QED) is 0.874. The van der Waals surface area contributed by atoms with E-state index in [0.29, 0.717) is 19.6 Å². The molecule has 0 unspecified atom stereocenters. The molecule has 0 radical (unpaired) electrons. The molecular formula is C13H10FNO6. The summed E-state index contributed by atoms with van der Waals surface area (Å²) in [5, 5.41) is 22.3. The molecule has 2 N–H and O–H groups in total. The normalized spacial score (nSPS) is 13.8. The minimum Gasteiger partial charge on any atom is -0.504 e. The first kappa shape index (κ1) is 13.2. The van der Waals surface area contributed by atoms with E-state index in [9.17, 15) is 14.3 Å². The number of aromatic carboxylic acids is 1. The highest BCUT2D eigenvalue weighted by molar-refractivity contribution is 5.87. The number of fused-ring (bicyclic) bond motifs is 1. The van der Waals surface area contributed by atoms with Gasteiger partial charge in [-0.1, -0.05) is 5.16 Å². The zero-order chi connectivity index (χ0) is 15.0. The Balaban J connectivity index is 2.19. The molecular weight excluding hydrogens is 285 g/mol. The predicted octanol–water partition coefficient (Wildman–Crippen LogP) is 2.05. The Morgan fingerprint density at radius 3 is 2.76 bits per heavy atom. The molecule has 0 saturated carbocycles. The summed E-state index contributed by atoms with van der Waals surface area (Å²) in [6.45, 7) is 0.657. The van der Waals surface area contributed by atoms with Crippen LogP contribution in [0.15, 0.2) is 16.7 Å². The highest BCUT2D eigenvalue weighted by Crippen LogP contribution is 2.46. The lowest BCUT2D eigenvalue weighted by Crippen LogP contribution is -1.98. The highest BCUT2D eigenvalue weighted by atomic mass is 19.1. The Kier molecular flexibility index (Phi) is 3.13. The van der Waals surface area contributed by atoms with Crippen LogP contribution in [0.3, 0.4) is 0 Å². The van der Waals surface area contributed by atoms with Gasteiger partial charge in [-0.25, -0.2) is 9.18 Å². The minimum absolute atomic E-state index is 0.0499. The van der Waals surface area contributed by atoms with Crippen molar-refractivity contribution in [3.8, 4) is 28.5 Å². The van der Waals surface area contributed by atoms with Gasteiger partial charge in [-0.3, -0.25) is 0 Å². The highest BCUT2D eigenvalue weighted by Gasteiger charge is 2.26. The van der Waals surface area contributed by atoms with E-state index in [-0.39, 0.29) is 22.8 Å². The van der Waals surface area contributed by atoms with Crippen LogP contribution in [0.25, 0.3) is 11.3 Å². The molecule has 1 aromatic carbocycles. The summed E-state index contributed by atoms with van der Waals surface area (Å²) in [4.78, 5) is 10.8. The molecule has 2 aromatic rings. The van der Waals surface area contributed by atoms with Gasteiger partial charge in [-0.15, -0.1) is 0 Å². The van der Waals surface area contributed by atoms with Gasteiger partial charge < -0.3 is 24.2 Å². The average Bonchev–Trinajstić information content (AvgIpc) is 2.82. The molecule has 1 aliphatic heterocycles. The van der Waals surface area contributed by atoms with Gasteiger partial charge in [0.25, 0.3) is 0 Å². The Hall–Kier alpha value is -2.77. The number of benzene rings is 1. The van der Waals surface area contributed by atoms with Crippen LogP contribution in [-0.4, -0.2) is 34.6 Å². The van der Waals surface area contributed by atoms with Gasteiger partial charge in [0.1, 0.15) is 5.69 Å². The van der Waals surface area contributed by atoms with Crippen LogP contribution in [0, 0.1) is 5.82 Å². The molecule has 0 amide bonds. The molecule has 7 nitrogen and oxygen atoms in total. The lowest BCUT2D eigenvalue weighted by atomic mass is 10.1. The Bertz CT molecular complexity index is 711. The first-order chi connectivity index (χ1) is 10.1. The molecule has 2 heterocycles. The van der Waals surface area contributed by atoms with Crippen LogP contribution >= 0.6 is 0 Å². The molecule has 0 fully saturated rings. The van der Waals surface area contributed by atoms with E-state index in [1.807, 2.05) is 0 Å². The van der Waals surface area contributed by atoms with E-state index < -0.39 is 23.3 Å². The molecule has 110 valence electrons. The van der Waals surface area contributed by atoms with Crippen LogP contribution in [0.1, 0.15) is 17.0 Å². The number of halogens is 1. The van der Waals surface area contributed by atoms with Crippen molar-refractivity contribution in [1.29, 1.82) is 0 Å². The number of hydrogen-bond donors (Lipinski definition) is 2. The Morgan fingerprint density at radius 1 is 1.29 bits per heavy atom. The Morgan fingerprint density at radius 2 is 2.05 bits per heavy atom. The van der Waals surface area contributed by atoms with E-state index in [4.69, 9.17) is 14.6 Å². The second kappa shape index (κ2) is 4.97. The smallest absolute Gasteiger partial charge is 0.374 e. The first-order valence-corrected chi connectivity index (χ1v) is 6.09. The van der Waals surface area contributed by atoms with Crippen LogP contribution in [0.5, 0.6) is 17.2 Å². The fourth-order valence-electron chi connectivity index (χ4n) is 2.00. The summed E-state index contributed by atoms with van der Waals surface area (Å²) in [5.41, 5.74) is -0.144. The van der Waals surface area contributed by atoms with Crippen LogP contribution in [-0.2, 0) is 0 Å². The molecule has 21 heavy (non-hydrogen) atoms. The van der Waals surface area contributed by atoms with Crippen molar-refractivity contribution in [2.45, 2.75) is 6.42 Å². The maximum absolute atomic E-state index is 13.8. The molecule has 8 heteroatoms. The van der Waals surface area contributed by atoms with Crippen LogP contribution in [0.4, 0.5) is 4.39 Å². The number of aromatic hydroxyl groups is 1. The van der Waals surface area contributed by atoms with E-state index in [1.54, 1.807) is 0 Å². The maximum Gasteiger partial charge on any atom is 0.374 e. The number of rotatable bonds is 2. The average molecular weight is 295 g/mol. The summed E-state index contributed by atoms with van der Waals surface area (Å²) in [5.74, 6) is -3.15. The second-order valence-corrected chi connectivity index (χ2v) is 4.34. The zero-order valence-electron chi connectivity index (χ0n) is 10.6. The molecule has 0 atom stereocenters. The third-order valence-corrected chi connectivity index (χ3v) is 2.94. The van der Waals surface area contributed by atoms with Crippen LogP contribution < -0.4 is 9.47 Å². The molecule has 0 bridgehead atoms. The number of aromatic nitrogens is 1. The minimum atomic E-state index is -1.33. The van der Waals surface area contributed by atoms with E-state index in [1.165, 1.54) is 0 Å². The van der Waals surface area contributed by atoms with Gasteiger partial charge in [0.15, 0.2) is 23.1 Å². The van der Waals surface area contributed by atoms with Gasteiger partial charge in [0, 0.05) is 18.6 Å². The fraction of sp³-hybridized carbons (Fsp3) is 0.231. The molecule has 0 spiro atoms. The molecule has 1 aliphatic rings. The molecule has 0 saturated heterocycles. The number of phenolic OH excluding ortho intramolecular Hbond substituents is 1. The van der Waals surface area contributed by atoms with E-state index in [2.05, 4.69) is 9.68 Å². The second-order valence-electron chi connectivity index (χ2n) is 4.34. The van der Waals surface area contributed by atoms with Crippen LogP contribution in [0.2, 0.25) is 0 Å². The SMILES string of the molecule is O=C(O)c1cc(-c2c(O)c(F)cc3c2OCCCO3)no1. The van der Waals surface area contributed by atoms with E-state index in [0.717, 1.165) is 12.1 Å². The van der Waals surface area contributed by atoms with Gasteiger partial charge in [-0.2, -0.15) is 0 Å². The van der Waals surface area contributed by atoms with Gasteiger partial charge in [-0.05, 0) is 0 Å². The van der Waals surface area contributed by atoms with Crippen molar-refractivity contribution in [1.82, 2.24) is 5.16 Å². The topological polar surface area (TPSA) is 102 Å². The maximum atomic E-state index is 13.8. The summed E-state index contributed by atoms with van der Waals surface area (Å²) < 4.78 is 29.2. The predicted molar refractivity (Wildman–Crippen MR) is 66.1 cm³/mol. The summed E-state index contributed by atoms with van der Waals surface area (Å²) in [7, 11) is 0. The number of carboxylic acid groups (broad SMARTS) is 1. The monoisotopic (exact) mass is 295 g/mol. The molecule has 3 rings (SSSR count). The van der Waals surface area contributed by atoms with Crippen molar-refractivity contribution in [2.24, 2.45) is 0 Å². The standard InChI is InChI=1S/C13H10FNO6/c14-6-4-8-12(20-3-1-2-19-8)10(11(6)16)7-5-9(13(17)18)21-15-7/h4-5,16H,1-3H2,(H,17,18). The largest absolute Gasteiger partial charge is 0.504 e. The third kappa shape index (κ3) is 2.24. The first-order valence-electron chi connectivity index (χ1n) is 6.09. The lowest BCUT2D eigenvalue weighted by Gasteiger charge is -2.12. The van der Waals surface area contributed by atoms with Crippen molar-refractivity contribution >= 4 is 5.97 Å². The van der Waals surface area contributed by atoms with Crippen molar-refractivity contribution < 1.29 is 33.4 Å². The van der Waals surface area contributed by atoms with Gasteiger partial charge in [0.2, 0.25) is 5.76 Å². The van der Waals surface area contributed by atoms with Crippen molar-refractivity contribution in [2.75, 3.05) is 13.2 Å². The number of hydrogen-bond acceptors (Lipinski definition) is 6. The summed E-state index contributed by atoms with van der Waals surface area (Å²) >= 11 is 0. The number of nitrogens with zero attached hydrogens (tertiary/aromatic N) is 1. The molecule has 0 aliphatic carbocycles. The molecule has 1 aromatic heterocycles. The zero-order valence-corrected chi connectivity index (χ0v) is 10.6. The Labute approximate surface area is 117 Å². The van der Waals surface area contributed by atoms with Gasteiger partial charge in [0.05, 0.1) is 18.8 Å². The number of carboxylic acids is 1.